The van der Waals surface area contributed by atoms with Gasteiger partial charge >= 0.3 is 0 Å². The fourth-order valence-corrected chi connectivity index (χ4v) is 2.02. The first-order valence-electron chi connectivity index (χ1n) is 5.61. The molecule has 0 aliphatic heterocycles. The zero-order valence-corrected chi connectivity index (χ0v) is 10.7. The first-order valence-corrected chi connectivity index (χ1v) is 6.53. The maximum atomic E-state index is 11.9. The number of halogens is 1. The van der Waals surface area contributed by atoms with Crippen LogP contribution >= 0.6 is 15.9 Å². The van der Waals surface area contributed by atoms with Gasteiger partial charge in [0.1, 0.15) is 0 Å². The molecule has 0 heterocycles. The van der Waals surface area contributed by atoms with Crippen LogP contribution in [0.2, 0.25) is 0 Å². The number of alkyl halides is 1. The molecular weight excluding hydrogens is 242 g/mol. The normalized spacial score (nSPS) is 18.8. The molecule has 1 saturated carbocycles. The van der Waals surface area contributed by atoms with Gasteiger partial charge in [-0.05, 0) is 32.1 Å². The Hall–Kier alpha value is -0.0500. The second-order valence-corrected chi connectivity index (χ2v) is 5.15. The minimum absolute atomic E-state index is 0.0162. The van der Waals surface area contributed by atoms with E-state index >= 15 is 0 Å². The number of hydrogen-bond acceptors (Lipinski definition) is 1. The molecule has 0 bridgehead atoms. The number of hydrogen-bond donors (Lipinski definition) is 0. The van der Waals surface area contributed by atoms with E-state index in [4.69, 9.17) is 0 Å². The van der Waals surface area contributed by atoms with Crippen LogP contribution in [0.3, 0.4) is 0 Å². The molecule has 0 N–H and O–H groups in total. The summed E-state index contributed by atoms with van der Waals surface area (Å²) < 4.78 is 0. The number of carbonyl (C=O) groups is 1. The fraction of sp³-hybridized carbons (Fsp3) is 0.909. The minimum atomic E-state index is 0.0162. The van der Waals surface area contributed by atoms with E-state index in [9.17, 15) is 4.79 Å². The van der Waals surface area contributed by atoms with Gasteiger partial charge in [-0.3, -0.25) is 4.79 Å². The van der Waals surface area contributed by atoms with Gasteiger partial charge in [-0.15, -0.1) is 0 Å². The van der Waals surface area contributed by atoms with Gasteiger partial charge in [-0.1, -0.05) is 29.3 Å². The first-order chi connectivity index (χ1) is 6.69. The smallest absolute Gasteiger partial charge is 0.236 e. The highest BCUT2D eigenvalue weighted by Gasteiger charge is 2.25. The molecule has 0 spiro atoms. The van der Waals surface area contributed by atoms with E-state index in [0.29, 0.717) is 0 Å². The van der Waals surface area contributed by atoms with Crippen molar-refractivity contribution in [1.29, 1.82) is 0 Å². The molecule has 1 aliphatic carbocycles. The summed E-state index contributed by atoms with van der Waals surface area (Å²) in [6, 6.07) is 0. The van der Waals surface area contributed by atoms with Crippen molar-refractivity contribution in [3.05, 3.63) is 0 Å². The molecule has 1 aliphatic rings. The molecule has 0 saturated heterocycles. The molecule has 1 atom stereocenters. The lowest BCUT2D eigenvalue weighted by Gasteiger charge is -2.32. The van der Waals surface area contributed by atoms with E-state index in [1.165, 1.54) is 19.3 Å². The van der Waals surface area contributed by atoms with Crippen LogP contribution in [-0.4, -0.2) is 28.7 Å². The third kappa shape index (κ3) is 2.97. The zero-order chi connectivity index (χ0) is 10.6. The van der Waals surface area contributed by atoms with Gasteiger partial charge in [-0.2, -0.15) is 0 Å². The molecular formula is C11H20BrNO. The van der Waals surface area contributed by atoms with Crippen molar-refractivity contribution >= 4 is 21.8 Å². The van der Waals surface area contributed by atoms with Crippen molar-refractivity contribution in [1.82, 2.24) is 4.90 Å². The van der Waals surface area contributed by atoms with Crippen LogP contribution in [0.5, 0.6) is 0 Å². The van der Waals surface area contributed by atoms with E-state index < -0.39 is 0 Å². The van der Waals surface area contributed by atoms with E-state index in [1.807, 2.05) is 11.8 Å². The van der Waals surface area contributed by atoms with Crippen LogP contribution in [-0.2, 0) is 4.79 Å². The molecule has 1 fully saturated rings. The summed E-state index contributed by atoms with van der Waals surface area (Å²) in [7, 11) is 0. The summed E-state index contributed by atoms with van der Waals surface area (Å²) in [5.74, 6) is 1.04. The number of nitrogens with zero attached hydrogens (tertiary/aromatic N) is 1. The van der Waals surface area contributed by atoms with Crippen molar-refractivity contribution in [2.75, 3.05) is 13.1 Å². The molecule has 0 aromatic heterocycles. The highest BCUT2D eigenvalue weighted by molar-refractivity contribution is 9.10. The van der Waals surface area contributed by atoms with Gasteiger partial charge in [0.15, 0.2) is 0 Å². The van der Waals surface area contributed by atoms with Crippen LogP contribution in [0.15, 0.2) is 0 Å². The maximum Gasteiger partial charge on any atom is 0.236 e. The van der Waals surface area contributed by atoms with Crippen LogP contribution in [0, 0.1) is 5.92 Å². The Kier molecular flexibility index (Phi) is 4.93. The van der Waals surface area contributed by atoms with E-state index in [0.717, 1.165) is 25.4 Å². The molecule has 0 radical (unpaired) electrons. The van der Waals surface area contributed by atoms with Gasteiger partial charge in [0.05, 0.1) is 4.83 Å². The predicted molar refractivity (Wildman–Crippen MR) is 62.6 cm³/mol. The zero-order valence-electron chi connectivity index (χ0n) is 9.13. The van der Waals surface area contributed by atoms with Gasteiger partial charge in [-0.25, -0.2) is 0 Å². The Morgan fingerprint density at radius 1 is 1.50 bits per heavy atom. The van der Waals surface area contributed by atoms with Crippen molar-refractivity contribution in [3.8, 4) is 0 Å². The summed E-state index contributed by atoms with van der Waals surface area (Å²) >= 11 is 3.42. The largest absolute Gasteiger partial charge is 0.342 e. The third-order valence-electron chi connectivity index (χ3n) is 3.02. The van der Waals surface area contributed by atoms with Crippen LogP contribution in [0.4, 0.5) is 0 Å². The Labute approximate surface area is 95.2 Å². The summed E-state index contributed by atoms with van der Waals surface area (Å²) in [6.07, 6.45) is 4.84. The predicted octanol–water partition coefficient (Wildman–Crippen LogP) is 2.81. The summed E-state index contributed by atoms with van der Waals surface area (Å²) in [5.41, 5.74) is 0. The molecule has 1 amide bonds. The molecule has 3 heteroatoms. The topological polar surface area (TPSA) is 20.3 Å². The van der Waals surface area contributed by atoms with Gasteiger partial charge < -0.3 is 4.90 Å². The summed E-state index contributed by atoms with van der Waals surface area (Å²) in [4.78, 5) is 13.9. The second kappa shape index (κ2) is 5.74. The maximum absolute atomic E-state index is 11.9. The quantitative estimate of drug-likeness (QED) is 0.698. The van der Waals surface area contributed by atoms with E-state index in [-0.39, 0.29) is 10.7 Å². The highest BCUT2D eigenvalue weighted by Crippen LogP contribution is 2.27. The SMILES string of the molecule is CCC(Br)C(=O)N(CC)CC1CCC1. The lowest BCUT2D eigenvalue weighted by Crippen LogP contribution is -2.40. The van der Waals surface area contributed by atoms with E-state index in [2.05, 4.69) is 22.9 Å². The Balaban J connectivity index is 2.38. The summed E-state index contributed by atoms with van der Waals surface area (Å²) in [5, 5.41) is 0. The lowest BCUT2D eigenvalue weighted by molar-refractivity contribution is -0.131. The Morgan fingerprint density at radius 2 is 2.14 bits per heavy atom. The molecule has 0 aromatic carbocycles. The molecule has 1 rings (SSSR count). The average molecular weight is 262 g/mol. The monoisotopic (exact) mass is 261 g/mol. The number of carbonyl (C=O) groups excluding carboxylic acids is 1. The molecule has 14 heavy (non-hydrogen) atoms. The molecule has 82 valence electrons. The summed E-state index contributed by atoms with van der Waals surface area (Å²) in [6.45, 7) is 5.91. The molecule has 2 nitrogen and oxygen atoms in total. The Bertz CT molecular complexity index is 192. The Morgan fingerprint density at radius 3 is 2.50 bits per heavy atom. The van der Waals surface area contributed by atoms with Crippen molar-refractivity contribution in [2.24, 2.45) is 5.92 Å². The van der Waals surface area contributed by atoms with Crippen LogP contribution in [0.25, 0.3) is 0 Å². The number of rotatable bonds is 5. The second-order valence-electron chi connectivity index (χ2n) is 4.05. The van der Waals surface area contributed by atoms with Crippen molar-refractivity contribution < 1.29 is 4.79 Å². The first kappa shape index (κ1) is 12.0. The highest BCUT2D eigenvalue weighted by atomic mass is 79.9. The molecule has 0 aromatic rings. The standard InChI is InChI=1S/C11H20BrNO/c1-3-10(12)11(14)13(4-2)8-9-6-5-7-9/h9-10H,3-8H2,1-2H3. The van der Waals surface area contributed by atoms with Crippen LogP contribution < -0.4 is 0 Å². The minimum Gasteiger partial charge on any atom is -0.342 e. The van der Waals surface area contributed by atoms with Crippen LogP contribution in [0.1, 0.15) is 39.5 Å². The molecule has 1 unspecified atom stereocenters. The van der Waals surface area contributed by atoms with Gasteiger partial charge in [0.25, 0.3) is 0 Å². The average Bonchev–Trinajstić information content (AvgIpc) is 2.14. The lowest BCUT2D eigenvalue weighted by atomic mass is 9.85. The third-order valence-corrected chi connectivity index (χ3v) is 4.06. The number of amides is 1. The fourth-order valence-electron chi connectivity index (χ4n) is 1.73. The van der Waals surface area contributed by atoms with Gasteiger partial charge in [0.2, 0.25) is 5.91 Å². The van der Waals surface area contributed by atoms with Crippen molar-refractivity contribution in [3.63, 3.8) is 0 Å². The van der Waals surface area contributed by atoms with Gasteiger partial charge in [0, 0.05) is 13.1 Å². The van der Waals surface area contributed by atoms with Crippen molar-refractivity contribution in [2.45, 2.75) is 44.4 Å². The van der Waals surface area contributed by atoms with E-state index in [1.54, 1.807) is 0 Å².